The number of para-hydroxylation sites is 1. The van der Waals surface area contributed by atoms with Crippen LogP contribution >= 0.6 is 0 Å². The molecular formula is C19H17F2NO4. The summed E-state index contributed by atoms with van der Waals surface area (Å²) in [6.45, 7) is 1.36. The third kappa shape index (κ3) is 5.14. The van der Waals surface area contributed by atoms with Gasteiger partial charge in [0, 0.05) is 6.08 Å². The molecule has 26 heavy (non-hydrogen) atoms. The Balaban J connectivity index is 1.93. The number of halogens is 2. The summed E-state index contributed by atoms with van der Waals surface area (Å²) in [6.07, 6.45) is 1.26. The minimum Gasteiger partial charge on any atom is -0.494 e. The number of esters is 1. The normalized spacial score (nSPS) is 11.8. The van der Waals surface area contributed by atoms with Crippen molar-refractivity contribution in [1.82, 2.24) is 0 Å². The van der Waals surface area contributed by atoms with E-state index >= 15 is 0 Å². The van der Waals surface area contributed by atoms with Crippen LogP contribution in [0.15, 0.2) is 48.5 Å². The van der Waals surface area contributed by atoms with Gasteiger partial charge in [-0.25, -0.2) is 13.6 Å². The minimum absolute atomic E-state index is 0.00958. The fourth-order valence-corrected chi connectivity index (χ4v) is 2.01. The van der Waals surface area contributed by atoms with Crippen LogP contribution in [0.2, 0.25) is 0 Å². The maximum Gasteiger partial charge on any atom is 0.331 e. The average Bonchev–Trinajstić information content (AvgIpc) is 2.62. The lowest BCUT2D eigenvalue weighted by atomic mass is 10.2. The van der Waals surface area contributed by atoms with Crippen LogP contribution in [0.1, 0.15) is 12.5 Å². The van der Waals surface area contributed by atoms with Crippen molar-refractivity contribution in [3.8, 4) is 5.75 Å². The molecule has 1 atom stereocenters. The molecule has 1 amide bonds. The molecule has 2 aromatic rings. The zero-order chi connectivity index (χ0) is 19.1. The highest BCUT2D eigenvalue weighted by Gasteiger charge is 2.17. The molecule has 0 radical (unpaired) electrons. The van der Waals surface area contributed by atoms with Crippen LogP contribution in [-0.2, 0) is 14.3 Å². The molecule has 136 valence electrons. The highest BCUT2D eigenvalue weighted by atomic mass is 19.1. The Morgan fingerprint density at radius 3 is 2.50 bits per heavy atom. The molecule has 0 aliphatic heterocycles. The van der Waals surface area contributed by atoms with E-state index < -0.39 is 29.6 Å². The van der Waals surface area contributed by atoms with Gasteiger partial charge in [-0.1, -0.05) is 18.2 Å². The first-order chi connectivity index (χ1) is 12.4. The predicted molar refractivity (Wildman–Crippen MR) is 92.6 cm³/mol. The van der Waals surface area contributed by atoms with Gasteiger partial charge in [0.1, 0.15) is 5.82 Å². The maximum atomic E-state index is 13.6. The number of rotatable bonds is 6. The molecule has 0 spiro atoms. The van der Waals surface area contributed by atoms with Gasteiger partial charge in [-0.15, -0.1) is 0 Å². The number of nitrogens with one attached hydrogen (secondary N) is 1. The van der Waals surface area contributed by atoms with Gasteiger partial charge in [0.25, 0.3) is 5.91 Å². The van der Waals surface area contributed by atoms with Crippen molar-refractivity contribution >= 4 is 23.6 Å². The molecule has 0 fully saturated rings. The van der Waals surface area contributed by atoms with Gasteiger partial charge in [-0.2, -0.15) is 0 Å². The van der Waals surface area contributed by atoms with E-state index in [4.69, 9.17) is 9.47 Å². The second-order valence-corrected chi connectivity index (χ2v) is 5.28. The van der Waals surface area contributed by atoms with E-state index in [-0.39, 0.29) is 11.4 Å². The Kier molecular flexibility index (Phi) is 6.43. The van der Waals surface area contributed by atoms with E-state index in [9.17, 15) is 18.4 Å². The summed E-state index contributed by atoms with van der Waals surface area (Å²) < 4.78 is 36.8. The zero-order valence-corrected chi connectivity index (χ0v) is 14.2. The van der Waals surface area contributed by atoms with Crippen LogP contribution in [0.25, 0.3) is 6.08 Å². The van der Waals surface area contributed by atoms with Gasteiger partial charge in [0.15, 0.2) is 17.7 Å². The van der Waals surface area contributed by atoms with E-state index in [0.717, 1.165) is 6.08 Å². The zero-order valence-electron chi connectivity index (χ0n) is 14.2. The number of anilines is 1. The number of hydrogen-bond acceptors (Lipinski definition) is 4. The second-order valence-electron chi connectivity index (χ2n) is 5.28. The summed E-state index contributed by atoms with van der Waals surface area (Å²) in [4.78, 5) is 23.7. The van der Waals surface area contributed by atoms with Crippen molar-refractivity contribution in [2.24, 2.45) is 0 Å². The van der Waals surface area contributed by atoms with Crippen LogP contribution in [0.3, 0.4) is 0 Å². The number of carbonyl (C=O) groups is 2. The van der Waals surface area contributed by atoms with Gasteiger partial charge in [-0.05, 0) is 42.8 Å². The Morgan fingerprint density at radius 1 is 1.12 bits per heavy atom. The number of carbonyl (C=O) groups excluding carboxylic acids is 2. The molecule has 0 heterocycles. The van der Waals surface area contributed by atoms with Crippen LogP contribution in [0.5, 0.6) is 5.75 Å². The van der Waals surface area contributed by atoms with E-state index in [1.165, 1.54) is 50.4 Å². The fraction of sp³-hybridized carbons (Fsp3) is 0.158. The van der Waals surface area contributed by atoms with Crippen molar-refractivity contribution in [3.05, 3.63) is 65.7 Å². The highest BCUT2D eigenvalue weighted by molar-refractivity contribution is 5.96. The molecule has 1 N–H and O–H groups in total. The SMILES string of the molecule is COc1ccc(/C=C/C(=O)O[C@@H](C)C(=O)Nc2ccccc2F)cc1F. The van der Waals surface area contributed by atoms with Gasteiger partial charge >= 0.3 is 5.97 Å². The van der Waals surface area contributed by atoms with Crippen LogP contribution < -0.4 is 10.1 Å². The van der Waals surface area contributed by atoms with Gasteiger partial charge in [0.05, 0.1) is 12.8 Å². The third-order valence-corrected chi connectivity index (χ3v) is 3.38. The topological polar surface area (TPSA) is 64.6 Å². The average molecular weight is 361 g/mol. The summed E-state index contributed by atoms with van der Waals surface area (Å²) >= 11 is 0. The number of benzene rings is 2. The van der Waals surface area contributed by atoms with Crippen LogP contribution in [0, 0.1) is 11.6 Å². The smallest absolute Gasteiger partial charge is 0.331 e. The Labute approximate surface area is 149 Å². The number of ether oxygens (including phenoxy) is 2. The van der Waals surface area contributed by atoms with E-state index in [0.29, 0.717) is 5.56 Å². The molecule has 0 bridgehead atoms. The highest BCUT2D eigenvalue weighted by Crippen LogP contribution is 2.18. The number of hydrogen-bond donors (Lipinski definition) is 1. The van der Waals surface area contributed by atoms with Crippen molar-refractivity contribution < 1.29 is 27.8 Å². The molecule has 0 unspecified atom stereocenters. The van der Waals surface area contributed by atoms with E-state index in [2.05, 4.69) is 5.32 Å². The van der Waals surface area contributed by atoms with Crippen LogP contribution in [0.4, 0.5) is 14.5 Å². The third-order valence-electron chi connectivity index (χ3n) is 3.38. The molecular weight excluding hydrogens is 344 g/mol. The first-order valence-electron chi connectivity index (χ1n) is 7.68. The summed E-state index contributed by atoms with van der Waals surface area (Å²) in [7, 11) is 1.35. The summed E-state index contributed by atoms with van der Waals surface area (Å²) in [5.74, 6) is -2.55. The minimum atomic E-state index is -1.14. The van der Waals surface area contributed by atoms with Gasteiger partial charge < -0.3 is 14.8 Å². The van der Waals surface area contributed by atoms with Crippen molar-refractivity contribution in [3.63, 3.8) is 0 Å². The summed E-state index contributed by atoms with van der Waals surface area (Å²) in [5.41, 5.74) is 0.411. The largest absolute Gasteiger partial charge is 0.494 e. The monoisotopic (exact) mass is 361 g/mol. The summed E-state index contributed by atoms with van der Waals surface area (Å²) in [6, 6.07) is 9.80. The molecule has 2 aromatic carbocycles. The number of methoxy groups -OCH3 is 1. The second kappa shape index (κ2) is 8.75. The van der Waals surface area contributed by atoms with Gasteiger partial charge in [-0.3, -0.25) is 4.79 Å². The Bertz CT molecular complexity index is 836. The lowest BCUT2D eigenvalue weighted by Gasteiger charge is -2.12. The molecule has 0 saturated heterocycles. The van der Waals surface area contributed by atoms with Crippen LogP contribution in [-0.4, -0.2) is 25.1 Å². The van der Waals surface area contributed by atoms with Gasteiger partial charge in [0.2, 0.25) is 0 Å². The Hall–Kier alpha value is -3.22. The quantitative estimate of drug-likeness (QED) is 0.631. The molecule has 0 saturated carbocycles. The molecule has 7 heteroatoms. The molecule has 5 nitrogen and oxygen atoms in total. The number of amides is 1. The standard InChI is InChI=1S/C19H17F2NO4/c1-12(19(24)22-16-6-4-3-5-14(16)20)26-18(23)10-8-13-7-9-17(25-2)15(21)11-13/h3-12H,1-2H3,(H,22,24)/b10-8+/t12-/m0/s1. The van der Waals surface area contributed by atoms with Crippen molar-refractivity contribution in [2.75, 3.05) is 12.4 Å². The van der Waals surface area contributed by atoms with E-state index in [1.807, 2.05) is 0 Å². The van der Waals surface area contributed by atoms with Crippen molar-refractivity contribution in [2.45, 2.75) is 13.0 Å². The molecule has 0 aliphatic rings. The maximum absolute atomic E-state index is 13.6. The van der Waals surface area contributed by atoms with Crippen molar-refractivity contribution in [1.29, 1.82) is 0 Å². The first kappa shape index (κ1) is 19.1. The van der Waals surface area contributed by atoms with E-state index in [1.54, 1.807) is 12.1 Å². The molecule has 0 aromatic heterocycles. The lowest BCUT2D eigenvalue weighted by Crippen LogP contribution is -2.29. The first-order valence-corrected chi connectivity index (χ1v) is 7.68. The lowest BCUT2D eigenvalue weighted by molar-refractivity contribution is -0.148. The molecule has 0 aliphatic carbocycles. The predicted octanol–water partition coefficient (Wildman–Crippen LogP) is 3.56. The molecule has 2 rings (SSSR count). The summed E-state index contributed by atoms with van der Waals surface area (Å²) in [5, 5.41) is 2.33. The Morgan fingerprint density at radius 2 is 1.85 bits per heavy atom. The fourth-order valence-electron chi connectivity index (χ4n) is 2.01.